The van der Waals surface area contributed by atoms with Crippen LogP contribution in [0, 0.1) is 0 Å². The molecule has 0 heterocycles. The highest BCUT2D eigenvalue weighted by Crippen LogP contribution is 2.34. The molecule has 2 aromatic rings. The third-order valence-electron chi connectivity index (χ3n) is 4.29. The molecule has 146 valence electrons. The maximum atomic E-state index is 12.8. The second kappa shape index (κ2) is 9.48. The van der Waals surface area contributed by atoms with E-state index in [1.807, 2.05) is 43.3 Å². The first kappa shape index (κ1) is 20.9. The number of halogens is 1. The van der Waals surface area contributed by atoms with Gasteiger partial charge in [0.15, 0.2) is 11.5 Å². The fourth-order valence-electron chi connectivity index (χ4n) is 2.81. The van der Waals surface area contributed by atoms with E-state index < -0.39 is 0 Å². The summed E-state index contributed by atoms with van der Waals surface area (Å²) in [5.41, 5.74) is 1.32. The van der Waals surface area contributed by atoms with Crippen molar-refractivity contribution in [1.29, 1.82) is 0 Å². The van der Waals surface area contributed by atoms with Crippen molar-refractivity contribution < 1.29 is 19.0 Å². The van der Waals surface area contributed by atoms with Crippen LogP contribution in [-0.2, 0) is 0 Å². The third-order valence-corrected chi connectivity index (χ3v) is 4.64. The van der Waals surface area contributed by atoms with Crippen LogP contribution in [0.2, 0.25) is 5.02 Å². The van der Waals surface area contributed by atoms with Gasteiger partial charge in [0, 0.05) is 23.7 Å². The Hall–Kier alpha value is -2.44. The minimum Gasteiger partial charge on any atom is -0.496 e. The van der Waals surface area contributed by atoms with Crippen molar-refractivity contribution in [2.75, 3.05) is 42.0 Å². The third kappa shape index (κ3) is 4.84. The van der Waals surface area contributed by atoms with E-state index in [1.54, 1.807) is 12.1 Å². The Bertz CT molecular complexity index is 796. The predicted octanol–water partition coefficient (Wildman–Crippen LogP) is 3.40. The van der Waals surface area contributed by atoms with Crippen molar-refractivity contribution in [2.45, 2.75) is 6.04 Å². The fourth-order valence-corrected chi connectivity index (χ4v) is 3.07. The van der Waals surface area contributed by atoms with Gasteiger partial charge in [-0.2, -0.15) is 0 Å². The quantitative estimate of drug-likeness (QED) is 0.746. The number of carbonyl (C=O) groups excluding carboxylic acids is 1. The van der Waals surface area contributed by atoms with Crippen LogP contribution in [0.3, 0.4) is 0 Å². The van der Waals surface area contributed by atoms with Crippen LogP contribution in [0.5, 0.6) is 17.2 Å². The lowest BCUT2D eigenvalue weighted by molar-refractivity contribution is 0.0938. The van der Waals surface area contributed by atoms with Crippen molar-refractivity contribution in [3.8, 4) is 17.2 Å². The van der Waals surface area contributed by atoms with Crippen LogP contribution in [0.15, 0.2) is 36.4 Å². The Balaban J connectivity index is 2.24. The van der Waals surface area contributed by atoms with E-state index >= 15 is 0 Å². The molecule has 2 aromatic carbocycles. The van der Waals surface area contributed by atoms with Gasteiger partial charge >= 0.3 is 0 Å². The molecule has 0 aliphatic heterocycles. The van der Waals surface area contributed by atoms with E-state index in [9.17, 15) is 4.79 Å². The normalized spacial score (nSPS) is 11.8. The highest BCUT2D eigenvalue weighted by molar-refractivity contribution is 6.31. The van der Waals surface area contributed by atoms with Gasteiger partial charge in [-0.3, -0.25) is 4.79 Å². The Morgan fingerprint density at radius 1 is 1.04 bits per heavy atom. The molecular formula is C20H25ClN2O4. The Kier molecular flexibility index (Phi) is 7.33. The standard InChI is InChI=1S/C20H25ClN2O4/c1-23(2)16(13-8-6-7-9-15(13)21)12-22-20(24)14-10-18(26-4)19(27-5)11-17(14)25-3/h6-11,16H,12H2,1-5H3,(H,22,24). The van der Waals surface area contributed by atoms with E-state index in [1.165, 1.54) is 21.3 Å². The summed E-state index contributed by atoms with van der Waals surface area (Å²) in [4.78, 5) is 14.8. The SMILES string of the molecule is COc1cc(OC)c(C(=O)NCC(c2ccccc2Cl)N(C)C)cc1OC. The molecule has 27 heavy (non-hydrogen) atoms. The molecule has 0 aliphatic carbocycles. The lowest BCUT2D eigenvalue weighted by Gasteiger charge is -2.26. The topological polar surface area (TPSA) is 60.0 Å². The van der Waals surface area contributed by atoms with Gasteiger partial charge in [0.2, 0.25) is 0 Å². The average molecular weight is 393 g/mol. The number of methoxy groups -OCH3 is 3. The average Bonchev–Trinajstić information content (AvgIpc) is 2.67. The minimum atomic E-state index is -0.272. The molecule has 1 unspecified atom stereocenters. The maximum Gasteiger partial charge on any atom is 0.255 e. The monoisotopic (exact) mass is 392 g/mol. The van der Waals surface area contributed by atoms with Gasteiger partial charge in [-0.25, -0.2) is 0 Å². The minimum absolute atomic E-state index is 0.0752. The summed E-state index contributed by atoms with van der Waals surface area (Å²) >= 11 is 6.33. The van der Waals surface area contributed by atoms with Crippen molar-refractivity contribution in [3.63, 3.8) is 0 Å². The van der Waals surface area contributed by atoms with E-state index in [4.69, 9.17) is 25.8 Å². The molecule has 0 fully saturated rings. The van der Waals surface area contributed by atoms with Crippen molar-refractivity contribution in [3.05, 3.63) is 52.5 Å². The van der Waals surface area contributed by atoms with E-state index in [0.717, 1.165) is 5.56 Å². The molecule has 2 rings (SSSR count). The number of likely N-dealkylation sites (N-methyl/N-ethyl adjacent to an activating group) is 1. The molecule has 6 nitrogen and oxygen atoms in total. The molecule has 1 atom stereocenters. The Morgan fingerprint density at radius 2 is 1.63 bits per heavy atom. The number of nitrogens with one attached hydrogen (secondary N) is 1. The Morgan fingerprint density at radius 3 is 2.19 bits per heavy atom. The van der Waals surface area contributed by atoms with Crippen LogP contribution in [-0.4, -0.2) is 52.8 Å². The molecule has 0 aliphatic rings. The van der Waals surface area contributed by atoms with Crippen LogP contribution in [0.1, 0.15) is 22.0 Å². The number of ether oxygens (including phenoxy) is 3. The predicted molar refractivity (Wildman–Crippen MR) is 106 cm³/mol. The lowest BCUT2D eigenvalue weighted by atomic mass is 10.1. The summed E-state index contributed by atoms with van der Waals surface area (Å²) in [6, 6.07) is 10.8. The fraction of sp³-hybridized carbons (Fsp3) is 0.350. The first-order chi connectivity index (χ1) is 12.9. The van der Waals surface area contributed by atoms with Crippen molar-refractivity contribution >= 4 is 17.5 Å². The number of nitrogens with zero attached hydrogens (tertiary/aromatic N) is 1. The lowest BCUT2D eigenvalue weighted by Crippen LogP contribution is -2.34. The molecule has 0 saturated heterocycles. The van der Waals surface area contributed by atoms with Gasteiger partial charge in [0.25, 0.3) is 5.91 Å². The second-order valence-corrected chi connectivity index (χ2v) is 6.53. The van der Waals surface area contributed by atoms with Gasteiger partial charge in [-0.15, -0.1) is 0 Å². The van der Waals surface area contributed by atoms with Gasteiger partial charge in [-0.05, 0) is 25.7 Å². The molecule has 0 aromatic heterocycles. The Labute approximate surface area is 165 Å². The first-order valence-corrected chi connectivity index (χ1v) is 8.79. The molecule has 0 saturated carbocycles. The summed E-state index contributed by atoms with van der Waals surface area (Å²) in [6.07, 6.45) is 0. The summed E-state index contributed by atoms with van der Waals surface area (Å²) in [7, 11) is 8.44. The summed E-state index contributed by atoms with van der Waals surface area (Å²) in [5, 5.41) is 3.62. The zero-order chi connectivity index (χ0) is 20.0. The molecule has 1 N–H and O–H groups in total. The number of benzene rings is 2. The second-order valence-electron chi connectivity index (χ2n) is 6.12. The number of hydrogen-bond donors (Lipinski definition) is 1. The molecular weight excluding hydrogens is 368 g/mol. The van der Waals surface area contributed by atoms with Crippen LogP contribution >= 0.6 is 11.6 Å². The zero-order valence-corrected chi connectivity index (χ0v) is 17.0. The first-order valence-electron chi connectivity index (χ1n) is 8.42. The van der Waals surface area contributed by atoms with Crippen molar-refractivity contribution in [1.82, 2.24) is 10.2 Å². The smallest absolute Gasteiger partial charge is 0.255 e. The molecule has 0 radical (unpaired) electrons. The summed E-state index contributed by atoms with van der Waals surface area (Å²) < 4.78 is 15.9. The zero-order valence-electron chi connectivity index (χ0n) is 16.2. The van der Waals surface area contributed by atoms with Gasteiger partial charge in [0.1, 0.15) is 5.75 Å². The van der Waals surface area contributed by atoms with Gasteiger partial charge in [-0.1, -0.05) is 29.8 Å². The van der Waals surface area contributed by atoms with Gasteiger partial charge in [0.05, 0.1) is 32.9 Å². The molecule has 1 amide bonds. The maximum absolute atomic E-state index is 12.8. The van der Waals surface area contributed by atoms with Crippen molar-refractivity contribution in [2.24, 2.45) is 0 Å². The summed E-state index contributed by atoms with van der Waals surface area (Å²) in [5.74, 6) is 1.09. The number of amides is 1. The largest absolute Gasteiger partial charge is 0.496 e. The van der Waals surface area contributed by atoms with Crippen LogP contribution in [0.4, 0.5) is 0 Å². The van der Waals surface area contributed by atoms with E-state index in [2.05, 4.69) is 5.32 Å². The highest BCUT2D eigenvalue weighted by Gasteiger charge is 2.21. The molecule has 0 bridgehead atoms. The highest BCUT2D eigenvalue weighted by atomic mass is 35.5. The van der Waals surface area contributed by atoms with Crippen LogP contribution < -0.4 is 19.5 Å². The number of hydrogen-bond acceptors (Lipinski definition) is 5. The van der Waals surface area contributed by atoms with E-state index in [-0.39, 0.29) is 11.9 Å². The summed E-state index contributed by atoms with van der Waals surface area (Å²) in [6.45, 7) is 0.382. The van der Waals surface area contributed by atoms with E-state index in [0.29, 0.717) is 34.4 Å². The molecule has 0 spiro atoms. The number of carbonyl (C=O) groups is 1. The van der Waals surface area contributed by atoms with Crippen LogP contribution in [0.25, 0.3) is 0 Å². The number of rotatable bonds is 8. The molecule has 7 heteroatoms. The van der Waals surface area contributed by atoms with Gasteiger partial charge < -0.3 is 24.4 Å².